The summed E-state index contributed by atoms with van der Waals surface area (Å²) in [5, 5.41) is 4.00. The number of hydrazone groups is 1. The Balaban J connectivity index is 1.70. The van der Waals surface area contributed by atoms with Crippen molar-refractivity contribution in [3.05, 3.63) is 47.5 Å². The van der Waals surface area contributed by atoms with E-state index in [1.807, 2.05) is 0 Å². The summed E-state index contributed by atoms with van der Waals surface area (Å²) in [6, 6.07) is 10.5. The molecule has 8 nitrogen and oxygen atoms in total. The number of benzene rings is 2. The molecule has 1 unspecified atom stereocenters. The van der Waals surface area contributed by atoms with Gasteiger partial charge in [-0.25, -0.2) is 5.43 Å². The second kappa shape index (κ2) is 9.09. The molecule has 0 saturated carbocycles. The van der Waals surface area contributed by atoms with Crippen LogP contribution in [0.5, 0.6) is 23.0 Å². The minimum atomic E-state index is -0.840. The first-order valence-corrected chi connectivity index (χ1v) is 8.63. The number of fused-ring (bicyclic) bond motifs is 1. The van der Waals surface area contributed by atoms with Gasteiger partial charge in [-0.3, -0.25) is 4.79 Å². The van der Waals surface area contributed by atoms with Gasteiger partial charge in [-0.1, -0.05) is 6.07 Å². The van der Waals surface area contributed by atoms with Gasteiger partial charge < -0.3 is 23.7 Å². The second-order valence-corrected chi connectivity index (χ2v) is 5.90. The summed E-state index contributed by atoms with van der Waals surface area (Å²) in [5.74, 6) is 2.07. The molecule has 0 aliphatic carbocycles. The van der Waals surface area contributed by atoms with E-state index < -0.39 is 12.0 Å². The van der Waals surface area contributed by atoms with E-state index in [0.717, 1.165) is 0 Å². The van der Waals surface area contributed by atoms with Crippen LogP contribution in [0.1, 0.15) is 17.2 Å². The Labute approximate surface area is 163 Å². The monoisotopic (exact) mass is 386 g/mol. The maximum absolute atomic E-state index is 12.5. The van der Waals surface area contributed by atoms with E-state index in [1.54, 1.807) is 50.6 Å². The lowest BCUT2D eigenvalue weighted by Crippen LogP contribution is -2.27. The van der Waals surface area contributed by atoms with Crippen LogP contribution in [0.15, 0.2) is 41.5 Å². The Bertz CT molecular complexity index is 846. The van der Waals surface area contributed by atoms with E-state index in [4.69, 9.17) is 23.7 Å². The van der Waals surface area contributed by atoms with Gasteiger partial charge in [0.1, 0.15) is 24.7 Å². The van der Waals surface area contributed by atoms with Crippen LogP contribution in [0, 0.1) is 0 Å². The molecule has 8 heteroatoms. The van der Waals surface area contributed by atoms with Gasteiger partial charge >= 0.3 is 0 Å². The van der Waals surface area contributed by atoms with Crippen LogP contribution in [0.25, 0.3) is 0 Å². The standard InChI is InChI=1S/C20H22N2O6/c1-24-15-8-13(9-16(11-15)25-2)12-21-22-20(23)19(26-3)14-4-5-17-18(10-14)28-7-6-27-17/h4-5,8-12,19H,6-7H2,1-3H3,(H,22,23)/b21-12+. The maximum Gasteiger partial charge on any atom is 0.273 e. The van der Waals surface area contributed by atoms with Gasteiger partial charge in [0.2, 0.25) is 0 Å². The predicted octanol–water partition coefficient (Wildman–Crippen LogP) is 2.31. The summed E-state index contributed by atoms with van der Waals surface area (Å²) in [6.07, 6.45) is 0.659. The molecule has 0 radical (unpaired) electrons. The maximum atomic E-state index is 12.5. The van der Waals surface area contributed by atoms with E-state index in [2.05, 4.69) is 10.5 Å². The molecular weight excluding hydrogens is 364 g/mol. The number of nitrogens with one attached hydrogen (secondary N) is 1. The van der Waals surface area contributed by atoms with E-state index in [0.29, 0.717) is 47.3 Å². The fourth-order valence-corrected chi connectivity index (χ4v) is 2.75. The lowest BCUT2D eigenvalue weighted by molar-refractivity contribution is -0.131. The third-order valence-corrected chi connectivity index (χ3v) is 4.10. The number of ether oxygens (including phenoxy) is 5. The minimum Gasteiger partial charge on any atom is -0.497 e. The first-order valence-electron chi connectivity index (χ1n) is 8.63. The highest BCUT2D eigenvalue weighted by Crippen LogP contribution is 2.33. The largest absolute Gasteiger partial charge is 0.497 e. The Morgan fingerprint density at radius 3 is 2.36 bits per heavy atom. The highest BCUT2D eigenvalue weighted by Gasteiger charge is 2.22. The SMILES string of the molecule is COc1cc(/C=N/NC(=O)C(OC)c2ccc3c(c2)OCCO3)cc(OC)c1. The molecule has 0 spiro atoms. The molecule has 2 aromatic rings. The molecular formula is C20H22N2O6. The molecule has 1 atom stereocenters. The summed E-state index contributed by atoms with van der Waals surface area (Å²) >= 11 is 0. The quantitative estimate of drug-likeness (QED) is 0.580. The summed E-state index contributed by atoms with van der Waals surface area (Å²) in [5.41, 5.74) is 3.84. The summed E-state index contributed by atoms with van der Waals surface area (Å²) in [7, 11) is 4.58. The molecule has 1 N–H and O–H groups in total. The second-order valence-electron chi connectivity index (χ2n) is 5.90. The third kappa shape index (κ3) is 4.52. The molecule has 0 fully saturated rings. The van der Waals surface area contributed by atoms with Crippen LogP contribution < -0.4 is 24.4 Å². The number of amides is 1. The Kier molecular flexibility index (Phi) is 6.33. The molecule has 2 aromatic carbocycles. The van der Waals surface area contributed by atoms with Crippen LogP contribution in [0.2, 0.25) is 0 Å². The van der Waals surface area contributed by atoms with Gasteiger partial charge in [-0.15, -0.1) is 0 Å². The topological polar surface area (TPSA) is 87.6 Å². The van der Waals surface area contributed by atoms with Crippen LogP contribution in [-0.2, 0) is 9.53 Å². The number of nitrogens with zero attached hydrogens (tertiary/aromatic N) is 1. The van der Waals surface area contributed by atoms with Crippen molar-refractivity contribution in [1.82, 2.24) is 5.43 Å². The number of hydrogen-bond acceptors (Lipinski definition) is 7. The van der Waals surface area contributed by atoms with Crippen LogP contribution in [-0.4, -0.2) is 46.7 Å². The normalized spacial score (nSPS) is 13.8. The molecule has 3 rings (SSSR count). The average Bonchev–Trinajstić information content (AvgIpc) is 2.73. The predicted molar refractivity (Wildman–Crippen MR) is 102 cm³/mol. The fourth-order valence-electron chi connectivity index (χ4n) is 2.75. The number of carbonyl (C=O) groups excluding carboxylic acids is 1. The highest BCUT2D eigenvalue weighted by atomic mass is 16.6. The highest BCUT2D eigenvalue weighted by molar-refractivity contribution is 5.85. The van der Waals surface area contributed by atoms with Crippen molar-refractivity contribution in [3.8, 4) is 23.0 Å². The molecule has 1 amide bonds. The molecule has 0 bridgehead atoms. The number of hydrogen-bond donors (Lipinski definition) is 1. The van der Waals surface area contributed by atoms with Crippen molar-refractivity contribution < 1.29 is 28.5 Å². The average molecular weight is 386 g/mol. The van der Waals surface area contributed by atoms with Gasteiger partial charge in [0.05, 0.1) is 20.4 Å². The Hall–Kier alpha value is -3.26. The van der Waals surface area contributed by atoms with E-state index >= 15 is 0 Å². The molecule has 148 valence electrons. The summed E-state index contributed by atoms with van der Waals surface area (Å²) in [6.45, 7) is 0.971. The van der Waals surface area contributed by atoms with Crippen molar-refractivity contribution in [2.75, 3.05) is 34.5 Å². The molecule has 0 saturated heterocycles. The lowest BCUT2D eigenvalue weighted by Gasteiger charge is -2.20. The van der Waals surface area contributed by atoms with Crippen molar-refractivity contribution in [2.24, 2.45) is 5.10 Å². The molecule has 1 aliphatic heterocycles. The van der Waals surface area contributed by atoms with Gasteiger partial charge in [0.15, 0.2) is 17.6 Å². The number of carbonyl (C=O) groups is 1. The van der Waals surface area contributed by atoms with Crippen LogP contribution in [0.4, 0.5) is 0 Å². The molecule has 0 aromatic heterocycles. The number of rotatable bonds is 7. The first-order chi connectivity index (χ1) is 13.6. The zero-order chi connectivity index (χ0) is 19.9. The van der Waals surface area contributed by atoms with Gasteiger partial charge in [-0.05, 0) is 29.8 Å². The zero-order valence-electron chi connectivity index (χ0n) is 15.9. The van der Waals surface area contributed by atoms with Crippen LogP contribution in [0.3, 0.4) is 0 Å². The van der Waals surface area contributed by atoms with Gasteiger partial charge in [0, 0.05) is 18.7 Å². The summed E-state index contributed by atoms with van der Waals surface area (Å²) < 4.78 is 26.8. The zero-order valence-corrected chi connectivity index (χ0v) is 15.9. The van der Waals surface area contributed by atoms with E-state index in [1.165, 1.54) is 13.3 Å². The van der Waals surface area contributed by atoms with Crippen molar-refractivity contribution in [2.45, 2.75) is 6.10 Å². The molecule has 28 heavy (non-hydrogen) atoms. The van der Waals surface area contributed by atoms with E-state index in [9.17, 15) is 4.79 Å². The molecule has 1 aliphatic rings. The lowest BCUT2D eigenvalue weighted by atomic mass is 10.1. The van der Waals surface area contributed by atoms with Gasteiger partial charge in [-0.2, -0.15) is 5.10 Å². The van der Waals surface area contributed by atoms with Crippen molar-refractivity contribution in [3.63, 3.8) is 0 Å². The van der Waals surface area contributed by atoms with Crippen LogP contribution >= 0.6 is 0 Å². The first kappa shape index (κ1) is 19.5. The Morgan fingerprint density at radius 2 is 1.71 bits per heavy atom. The van der Waals surface area contributed by atoms with Crippen molar-refractivity contribution >= 4 is 12.1 Å². The minimum absolute atomic E-state index is 0.412. The number of methoxy groups -OCH3 is 3. The smallest absolute Gasteiger partial charge is 0.273 e. The van der Waals surface area contributed by atoms with E-state index in [-0.39, 0.29) is 0 Å². The third-order valence-electron chi connectivity index (χ3n) is 4.10. The Morgan fingerprint density at radius 1 is 1.04 bits per heavy atom. The molecule has 1 heterocycles. The van der Waals surface area contributed by atoms with Crippen molar-refractivity contribution in [1.29, 1.82) is 0 Å². The van der Waals surface area contributed by atoms with Gasteiger partial charge in [0.25, 0.3) is 5.91 Å². The summed E-state index contributed by atoms with van der Waals surface area (Å²) in [4.78, 5) is 12.5. The fraction of sp³-hybridized carbons (Fsp3) is 0.300.